The van der Waals surface area contributed by atoms with E-state index in [9.17, 15) is 32.8 Å². The van der Waals surface area contributed by atoms with Crippen molar-refractivity contribution < 1.29 is 37.5 Å². The molecule has 1 aromatic heterocycles. The van der Waals surface area contributed by atoms with Gasteiger partial charge in [-0.1, -0.05) is 26.2 Å². The van der Waals surface area contributed by atoms with E-state index in [4.69, 9.17) is 4.74 Å². The minimum absolute atomic E-state index is 0.146. The molecule has 1 aliphatic heterocycles. The summed E-state index contributed by atoms with van der Waals surface area (Å²) in [5.41, 5.74) is 4.49. The zero-order valence-electron chi connectivity index (χ0n) is 18.6. The summed E-state index contributed by atoms with van der Waals surface area (Å²) in [6, 6.07) is 0. The molecule has 0 spiro atoms. The molecule has 2 heterocycles. The van der Waals surface area contributed by atoms with Gasteiger partial charge >= 0.3 is 6.18 Å². The smallest absolute Gasteiger partial charge is 0.379 e. The van der Waals surface area contributed by atoms with Crippen LogP contribution < -0.4 is 16.3 Å². The van der Waals surface area contributed by atoms with E-state index in [2.05, 4.69) is 26.2 Å². The van der Waals surface area contributed by atoms with Gasteiger partial charge in [0.15, 0.2) is 5.69 Å². The number of carbonyl (C=O) groups is 3. The molecule has 0 aromatic carbocycles. The number of rotatable bonds is 12. The maximum Gasteiger partial charge on any atom is 0.434 e. The van der Waals surface area contributed by atoms with E-state index in [1.165, 1.54) is 5.01 Å². The van der Waals surface area contributed by atoms with Crippen molar-refractivity contribution in [3.8, 4) is 0 Å². The summed E-state index contributed by atoms with van der Waals surface area (Å²) >= 11 is 0. The van der Waals surface area contributed by atoms with Gasteiger partial charge in [0.1, 0.15) is 0 Å². The number of ether oxygens (including phenoxy) is 1. The van der Waals surface area contributed by atoms with Gasteiger partial charge < -0.3 is 4.74 Å². The number of unbranched alkanes of at least 4 members (excludes halogenated alkanes) is 2. The second kappa shape index (κ2) is 13.0. The molecule has 1 aromatic rings. The van der Waals surface area contributed by atoms with E-state index in [0.29, 0.717) is 50.4 Å². The minimum Gasteiger partial charge on any atom is -0.379 e. The largest absolute Gasteiger partial charge is 0.434 e. The highest BCUT2D eigenvalue weighted by molar-refractivity contribution is 5.95. The monoisotopic (exact) mass is 491 g/mol. The van der Waals surface area contributed by atoms with Crippen molar-refractivity contribution in [1.29, 1.82) is 0 Å². The molecule has 0 radical (unpaired) electrons. The van der Waals surface area contributed by atoms with Crippen LogP contribution in [0.1, 0.15) is 48.7 Å². The third-order valence-electron chi connectivity index (χ3n) is 4.93. The number of halogens is 3. The third-order valence-corrected chi connectivity index (χ3v) is 4.93. The highest BCUT2D eigenvalue weighted by atomic mass is 19.4. The Bertz CT molecular complexity index is 837. The van der Waals surface area contributed by atoms with Gasteiger partial charge in [0.2, 0.25) is 18.3 Å². The molecule has 34 heavy (non-hydrogen) atoms. The Morgan fingerprint density at radius 2 is 2.03 bits per heavy atom. The van der Waals surface area contributed by atoms with Crippen molar-refractivity contribution in [1.82, 2.24) is 30.9 Å². The summed E-state index contributed by atoms with van der Waals surface area (Å²) < 4.78 is 45.8. The number of hydrogen-bond donors (Lipinski definition) is 4. The summed E-state index contributed by atoms with van der Waals surface area (Å²) in [6.45, 7) is 2.94. The number of amides is 3. The van der Waals surface area contributed by atoms with Gasteiger partial charge in [-0.2, -0.15) is 13.2 Å². The number of hydrogen-bond acceptors (Lipinski definition) is 9. The topological polar surface area (TPSA) is 149 Å². The average molecular weight is 491 g/mol. The van der Waals surface area contributed by atoms with Crippen LogP contribution in [0.25, 0.3) is 0 Å². The molecule has 1 atom stereocenters. The number of anilines is 1. The zero-order valence-corrected chi connectivity index (χ0v) is 18.6. The Morgan fingerprint density at radius 3 is 2.65 bits per heavy atom. The first-order valence-electron chi connectivity index (χ1n) is 10.7. The molecule has 12 nitrogen and oxygen atoms in total. The van der Waals surface area contributed by atoms with Gasteiger partial charge in [0, 0.05) is 19.3 Å². The minimum atomic E-state index is -4.97. The fourth-order valence-corrected chi connectivity index (χ4v) is 3.14. The Kier molecular flexibility index (Phi) is 10.4. The summed E-state index contributed by atoms with van der Waals surface area (Å²) in [5, 5.41) is 11.2. The molecule has 0 saturated carbocycles. The van der Waals surface area contributed by atoms with E-state index in [-0.39, 0.29) is 13.0 Å². The summed E-state index contributed by atoms with van der Waals surface area (Å²) in [5.74, 6) is -3.12. The number of nitrogens with zero attached hydrogens (tertiary/aromatic N) is 4. The predicted octanol–water partition coefficient (Wildman–Crippen LogP) is 0.960. The zero-order chi connectivity index (χ0) is 25.1. The van der Waals surface area contributed by atoms with Crippen molar-refractivity contribution in [2.75, 3.05) is 38.3 Å². The average Bonchev–Trinajstić information content (AvgIpc) is 2.81. The molecule has 1 fully saturated rings. The molecule has 0 aliphatic carbocycles. The predicted molar refractivity (Wildman–Crippen MR) is 111 cm³/mol. The van der Waals surface area contributed by atoms with Gasteiger partial charge in [0.05, 0.1) is 31.2 Å². The Morgan fingerprint density at radius 1 is 1.32 bits per heavy atom. The van der Waals surface area contributed by atoms with Gasteiger partial charge in [-0.15, -0.1) is 0 Å². The number of carbonyl (C=O) groups excluding carboxylic acids is 3. The van der Waals surface area contributed by atoms with Crippen molar-refractivity contribution >= 4 is 24.2 Å². The number of hydroxylamine groups is 2. The maximum atomic E-state index is 13.6. The van der Waals surface area contributed by atoms with Crippen LogP contribution in [0, 0.1) is 5.92 Å². The lowest BCUT2D eigenvalue weighted by Gasteiger charge is -2.27. The highest BCUT2D eigenvalue weighted by Crippen LogP contribution is 2.30. The van der Waals surface area contributed by atoms with Crippen LogP contribution in [0.15, 0.2) is 6.20 Å². The Hall–Kier alpha value is -3.04. The van der Waals surface area contributed by atoms with Crippen LogP contribution in [0.4, 0.5) is 19.1 Å². The fraction of sp³-hybridized carbons (Fsp3) is 0.632. The number of alkyl halides is 3. The first kappa shape index (κ1) is 27.2. The van der Waals surface area contributed by atoms with Gasteiger partial charge in [-0.25, -0.2) is 20.0 Å². The summed E-state index contributed by atoms with van der Waals surface area (Å²) in [7, 11) is 0. The van der Waals surface area contributed by atoms with Crippen LogP contribution >= 0.6 is 0 Å². The highest BCUT2D eigenvalue weighted by Gasteiger charge is 2.38. The number of aromatic nitrogens is 2. The molecule has 190 valence electrons. The molecular formula is C19H28F3N7O5. The van der Waals surface area contributed by atoms with E-state index in [0.717, 1.165) is 12.8 Å². The van der Waals surface area contributed by atoms with Gasteiger partial charge in [-0.05, 0) is 6.42 Å². The van der Waals surface area contributed by atoms with Crippen LogP contribution in [0.2, 0.25) is 0 Å². The molecular weight excluding hydrogens is 463 g/mol. The molecule has 4 N–H and O–H groups in total. The van der Waals surface area contributed by atoms with Crippen LogP contribution in [-0.4, -0.2) is 76.3 Å². The second-order valence-corrected chi connectivity index (χ2v) is 7.53. The van der Waals surface area contributed by atoms with E-state index >= 15 is 0 Å². The molecule has 15 heteroatoms. The lowest BCUT2D eigenvalue weighted by Crippen LogP contribution is -2.48. The molecule has 1 saturated heterocycles. The van der Waals surface area contributed by atoms with Gasteiger partial charge in [-0.3, -0.25) is 35.9 Å². The quantitative estimate of drug-likeness (QED) is 0.145. The van der Waals surface area contributed by atoms with Crippen LogP contribution in [-0.2, 0) is 20.5 Å². The lowest BCUT2D eigenvalue weighted by molar-refractivity contribution is -0.154. The number of nitrogens with one attached hydrogen (secondary N) is 3. The first-order chi connectivity index (χ1) is 16.2. The molecule has 1 aliphatic rings. The number of morpholine rings is 1. The summed E-state index contributed by atoms with van der Waals surface area (Å²) in [6.07, 6.45) is -1.44. The Balaban J connectivity index is 2.10. The van der Waals surface area contributed by atoms with E-state index in [1.807, 2.05) is 6.92 Å². The fourth-order valence-electron chi connectivity index (χ4n) is 3.14. The molecule has 2 rings (SSSR count). The molecule has 0 unspecified atom stereocenters. The number of hydrazine groups is 2. The standard InChI is InChI=1S/C19H28F3N7O5/c1-2-3-4-5-13(11-29(33)12-30)16(31)25-26-18-23-10-14(15(24-18)19(20,21)22)17(32)27-28-6-8-34-9-7-28/h10,12-13,33H,2-9,11H2,1H3,(H,25,31)(H,27,32)(H,23,24,26)/t13-/m1/s1. The normalized spacial score (nSPS) is 15.3. The van der Waals surface area contributed by atoms with E-state index in [1.54, 1.807) is 0 Å². The SMILES string of the molecule is CCCCC[C@H](CN(O)C=O)C(=O)NNc1ncc(C(=O)NN2CCOCC2)c(C(F)(F)F)n1. The lowest BCUT2D eigenvalue weighted by atomic mass is 10.0. The Labute approximate surface area is 193 Å². The van der Waals surface area contributed by atoms with Crippen LogP contribution in [0.3, 0.4) is 0 Å². The van der Waals surface area contributed by atoms with Crippen molar-refractivity contribution in [3.05, 3.63) is 17.5 Å². The second-order valence-electron chi connectivity index (χ2n) is 7.53. The first-order valence-corrected chi connectivity index (χ1v) is 10.7. The van der Waals surface area contributed by atoms with Crippen molar-refractivity contribution in [3.63, 3.8) is 0 Å². The van der Waals surface area contributed by atoms with Crippen molar-refractivity contribution in [2.24, 2.45) is 5.92 Å². The van der Waals surface area contributed by atoms with E-state index < -0.39 is 41.1 Å². The molecule has 0 bridgehead atoms. The van der Waals surface area contributed by atoms with Crippen LogP contribution in [0.5, 0.6) is 0 Å². The molecule has 3 amide bonds. The third kappa shape index (κ3) is 8.39. The van der Waals surface area contributed by atoms with Gasteiger partial charge in [0.25, 0.3) is 5.91 Å². The van der Waals surface area contributed by atoms with Crippen molar-refractivity contribution in [2.45, 2.75) is 38.8 Å². The summed E-state index contributed by atoms with van der Waals surface area (Å²) in [4.78, 5) is 42.6. The maximum absolute atomic E-state index is 13.6.